The van der Waals surface area contributed by atoms with Crippen LogP contribution in [0.25, 0.3) is 10.4 Å². The summed E-state index contributed by atoms with van der Waals surface area (Å²) in [5.41, 5.74) is 6.82. The molecule has 0 aliphatic rings. The van der Waals surface area contributed by atoms with Crippen LogP contribution < -0.4 is 15.6 Å². The van der Waals surface area contributed by atoms with Gasteiger partial charge in [0.05, 0.1) is 12.2 Å². The van der Waals surface area contributed by atoms with E-state index in [-0.39, 0.29) is 19.1 Å². The molecule has 0 aliphatic carbocycles. The number of carbonyl (C=O) groups excluding carboxylic acids is 3. The van der Waals surface area contributed by atoms with Gasteiger partial charge in [0.2, 0.25) is 6.54 Å². The van der Waals surface area contributed by atoms with Crippen LogP contribution in [-0.4, -0.2) is 24.4 Å². The highest BCUT2D eigenvalue weighted by molar-refractivity contribution is 7.20. The minimum Gasteiger partial charge on any atom is -0.462 e. The van der Waals surface area contributed by atoms with Crippen molar-refractivity contribution < 1.29 is 23.7 Å². The van der Waals surface area contributed by atoms with Crippen LogP contribution in [0.5, 0.6) is 0 Å². The van der Waals surface area contributed by atoms with Crippen LogP contribution in [0, 0.1) is 0 Å². The second-order valence-corrected chi connectivity index (χ2v) is 7.17. The Morgan fingerprint density at radius 2 is 1.90 bits per heavy atom. The number of esters is 1. The Hall–Kier alpha value is -3.52. The van der Waals surface area contributed by atoms with Crippen LogP contribution in [0.4, 0.5) is 5.00 Å². The van der Waals surface area contributed by atoms with Crippen molar-refractivity contribution in [1.29, 1.82) is 0 Å². The number of rotatable bonds is 7. The summed E-state index contributed by atoms with van der Waals surface area (Å²) in [6.07, 6.45) is 3.15. The van der Waals surface area contributed by atoms with Gasteiger partial charge in [0.15, 0.2) is 12.4 Å². The van der Waals surface area contributed by atoms with Crippen molar-refractivity contribution >= 4 is 34.1 Å². The van der Waals surface area contributed by atoms with Crippen molar-refractivity contribution in [1.82, 2.24) is 0 Å². The summed E-state index contributed by atoms with van der Waals surface area (Å²) in [5, 5.41) is 3.19. The fourth-order valence-corrected chi connectivity index (χ4v) is 3.75. The molecular weight excluding hydrogens is 390 g/mol. The number of pyridine rings is 1. The zero-order valence-electron chi connectivity index (χ0n) is 15.8. The zero-order valence-corrected chi connectivity index (χ0v) is 16.6. The number of nitrogens with zero attached hydrogens (tertiary/aromatic N) is 1. The summed E-state index contributed by atoms with van der Waals surface area (Å²) in [6, 6.07) is 14.5. The van der Waals surface area contributed by atoms with Crippen molar-refractivity contribution in [3.63, 3.8) is 0 Å². The second-order valence-electron chi connectivity index (χ2n) is 6.12. The molecular formula is C21H20N3O4S+. The van der Waals surface area contributed by atoms with Gasteiger partial charge in [-0.05, 0) is 24.6 Å². The highest BCUT2D eigenvalue weighted by atomic mass is 32.1. The number of nitrogens with two attached hydrogens (primary N) is 1. The minimum atomic E-state index is -0.574. The topological polar surface area (TPSA) is 102 Å². The molecule has 0 spiro atoms. The molecule has 0 aliphatic heterocycles. The first-order valence-electron chi connectivity index (χ1n) is 8.93. The summed E-state index contributed by atoms with van der Waals surface area (Å²) >= 11 is 1.30. The molecule has 7 nitrogen and oxygen atoms in total. The van der Waals surface area contributed by atoms with Crippen LogP contribution in [0.1, 0.15) is 27.6 Å². The lowest BCUT2D eigenvalue weighted by molar-refractivity contribution is -0.684. The normalized spacial score (nSPS) is 10.4. The van der Waals surface area contributed by atoms with E-state index in [9.17, 15) is 14.4 Å². The lowest BCUT2D eigenvalue weighted by Gasteiger charge is -2.04. The van der Waals surface area contributed by atoms with Gasteiger partial charge in [0.25, 0.3) is 11.8 Å². The fraction of sp³-hybridized carbons (Fsp3) is 0.143. The maximum Gasteiger partial charge on any atom is 0.341 e. The summed E-state index contributed by atoms with van der Waals surface area (Å²) in [4.78, 5) is 37.0. The Labute approximate surface area is 171 Å². The summed E-state index contributed by atoms with van der Waals surface area (Å²) in [6.45, 7) is 1.92. The van der Waals surface area contributed by atoms with Gasteiger partial charge in [-0.2, -0.15) is 4.57 Å². The Morgan fingerprint density at radius 1 is 1.14 bits per heavy atom. The largest absolute Gasteiger partial charge is 0.462 e. The minimum absolute atomic E-state index is 0.0397. The van der Waals surface area contributed by atoms with Crippen LogP contribution in [-0.2, 0) is 16.1 Å². The average molecular weight is 410 g/mol. The Balaban J connectivity index is 1.84. The van der Waals surface area contributed by atoms with Crippen LogP contribution in [0.15, 0.2) is 60.9 Å². The van der Waals surface area contributed by atoms with E-state index in [4.69, 9.17) is 10.5 Å². The highest BCUT2D eigenvalue weighted by Gasteiger charge is 2.21. The second kappa shape index (κ2) is 9.11. The Morgan fingerprint density at radius 3 is 2.59 bits per heavy atom. The van der Waals surface area contributed by atoms with Gasteiger partial charge in [-0.3, -0.25) is 9.59 Å². The lowest BCUT2D eigenvalue weighted by atomic mass is 10.1. The fourth-order valence-electron chi connectivity index (χ4n) is 2.69. The standard InChI is InChI=1S/C21H19N3O4S/c1-2-28-21(27)16-11-17(14-7-4-3-5-8-14)29-20(16)23-18(25)13-24-10-6-9-15(12-24)19(22)26/h3-12H,2,13H2,1H3,(H2-,22,23,25,26,27)/p+1. The molecule has 0 unspecified atom stereocenters. The van der Waals surface area contributed by atoms with E-state index in [1.807, 2.05) is 30.3 Å². The molecule has 3 rings (SSSR count). The molecule has 1 aromatic carbocycles. The smallest absolute Gasteiger partial charge is 0.341 e. The van der Waals surface area contributed by atoms with Gasteiger partial charge >= 0.3 is 5.97 Å². The molecule has 3 N–H and O–H groups in total. The molecule has 8 heteroatoms. The Kier molecular flexibility index (Phi) is 6.36. The first kappa shape index (κ1) is 20.2. The number of hydrogen-bond acceptors (Lipinski definition) is 5. The number of ether oxygens (including phenoxy) is 1. The summed E-state index contributed by atoms with van der Waals surface area (Å²) in [7, 11) is 0. The average Bonchev–Trinajstić information content (AvgIpc) is 3.12. The summed E-state index contributed by atoms with van der Waals surface area (Å²) in [5.74, 6) is -1.41. The molecule has 148 valence electrons. The predicted molar refractivity (Wildman–Crippen MR) is 109 cm³/mol. The van der Waals surface area contributed by atoms with Crippen LogP contribution in [0.2, 0.25) is 0 Å². The van der Waals surface area contributed by atoms with Crippen molar-refractivity contribution in [2.75, 3.05) is 11.9 Å². The number of primary amides is 1. The molecule has 0 atom stereocenters. The maximum absolute atomic E-state index is 12.5. The summed E-state index contributed by atoms with van der Waals surface area (Å²) < 4.78 is 6.67. The van der Waals surface area contributed by atoms with Crippen molar-refractivity contribution in [3.05, 3.63) is 72.1 Å². The van der Waals surface area contributed by atoms with E-state index in [1.54, 1.807) is 35.9 Å². The number of hydrogen-bond donors (Lipinski definition) is 2. The van der Waals surface area contributed by atoms with E-state index in [0.717, 1.165) is 10.4 Å². The van der Waals surface area contributed by atoms with Gasteiger partial charge in [0.1, 0.15) is 10.6 Å². The molecule has 2 aromatic heterocycles. The zero-order chi connectivity index (χ0) is 20.8. The quantitative estimate of drug-likeness (QED) is 0.462. The molecule has 2 heterocycles. The first-order valence-corrected chi connectivity index (χ1v) is 9.74. The number of amides is 2. The monoisotopic (exact) mass is 410 g/mol. The van der Waals surface area contributed by atoms with E-state index in [0.29, 0.717) is 16.1 Å². The lowest BCUT2D eigenvalue weighted by Crippen LogP contribution is -2.40. The van der Waals surface area contributed by atoms with Gasteiger partial charge in [-0.1, -0.05) is 30.3 Å². The van der Waals surface area contributed by atoms with Gasteiger partial charge in [-0.25, -0.2) is 4.79 Å². The van der Waals surface area contributed by atoms with Crippen LogP contribution >= 0.6 is 11.3 Å². The van der Waals surface area contributed by atoms with Crippen molar-refractivity contribution in [2.24, 2.45) is 5.73 Å². The van der Waals surface area contributed by atoms with Gasteiger partial charge in [0, 0.05) is 10.9 Å². The van der Waals surface area contributed by atoms with Crippen molar-refractivity contribution in [2.45, 2.75) is 13.5 Å². The number of carbonyl (C=O) groups is 3. The number of benzene rings is 1. The first-order chi connectivity index (χ1) is 14.0. The van der Waals surface area contributed by atoms with E-state index < -0.39 is 11.9 Å². The molecule has 0 radical (unpaired) electrons. The molecule has 0 fully saturated rings. The molecule has 2 amide bonds. The number of anilines is 1. The number of thiophene rings is 1. The number of aromatic nitrogens is 1. The number of nitrogens with one attached hydrogen (secondary N) is 1. The molecule has 0 saturated carbocycles. The third-order valence-electron chi connectivity index (χ3n) is 4.01. The highest BCUT2D eigenvalue weighted by Crippen LogP contribution is 2.35. The van der Waals surface area contributed by atoms with Gasteiger partial charge in [-0.15, -0.1) is 11.3 Å². The van der Waals surface area contributed by atoms with Gasteiger partial charge < -0.3 is 15.8 Å². The molecule has 0 saturated heterocycles. The molecule has 29 heavy (non-hydrogen) atoms. The molecule has 3 aromatic rings. The maximum atomic E-state index is 12.5. The third kappa shape index (κ3) is 5.05. The van der Waals surface area contributed by atoms with Crippen molar-refractivity contribution in [3.8, 4) is 10.4 Å². The van der Waals surface area contributed by atoms with Crippen LogP contribution in [0.3, 0.4) is 0 Å². The van der Waals surface area contributed by atoms with E-state index in [2.05, 4.69) is 5.32 Å². The van der Waals surface area contributed by atoms with E-state index >= 15 is 0 Å². The SMILES string of the molecule is CCOC(=O)c1cc(-c2ccccc2)sc1NC(=O)C[n+]1cccc(C(N)=O)c1. The van der Waals surface area contributed by atoms with E-state index in [1.165, 1.54) is 17.5 Å². The Bertz CT molecular complexity index is 1050. The third-order valence-corrected chi connectivity index (χ3v) is 5.11. The predicted octanol–water partition coefficient (Wildman–Crippen LogP) is 2.62. The molecule has 0 bridgehead atoms.